The van der Waals surface area contributed by atoms with Gasteiger partial charge in [0.05, 0.1) is 9.75 Å². The molecule has 0 bridgehead atoms. The molecule has 2 aliphatic carbocycles. The minimum atomic E-state index is 0.735. The Morgan fingerprint density at radius 1 is 0.846 bits per heavy atom. The summed E-state index contributed by atoms with van der Waals surface area (Å²) >= 11 is 3.11. The first-order valence-electron chi connectivity index (χ1n) is 9.57. The van der Waals surface area contributed by atoms with Gasteiger partial charge in [0.15, 0.2) is 12.6 Å². The fraction of sp³-hybridized carbons (Fsp3) is 0.455. The zero-order valence-corrected chi connectivity index (χ0v) is 16.7. The fourth-order valence-corrected chi connectivity index (χ4v) is 5.29. The molecule has 0 atom stereocenters. The molecule has 0 aromatic carbocycles. The molecule has 2 aliphatic rings. The molecule has 4 rings (SSSR count). The van der Waals surface area contributed by atoms with Gasteiger partial charge in [-0.3, -0.25) is 9.59 Å². The number of carbonyl (C=O) groups is 2. The van der Waals surface area contributed by atoms with E-state index in [2.05, 4.69) is 22.9 Å². The first kappa shape index (κ1) is 19.2. The van der Waals surface area contributed by atoms with Gasteiger partial charge in [-0.05, 0) is 84.0 Å². The highest BCUT2D eigenvalue weighted by Gasteiger charge is 2.16. The number of thiophene rings is 2. The first-order valence-corrected chi connectivity index (χ1v) is 11.3. The van der Waals surface area contributed by atoms with Gasteiger partial charge in [-0.2, -0.15) is 0 Å². The van der Waals surface area contributed by atoms with Gasteiger partial charge >= 0.3 is 0 Å². The van der Waals surface area contributed by atoms with E-state index in [0.29, 0.717) is 0 Å². The Balaban J connectivity index is 0.000000151. The summed E-state index contributed by atoms with van der Waals surface area (Å²) in [7, 11) is 0. The topological polar surface area (TPSA) is 34.1 Å². The molecule has 0 aliphatic heterocycles. The Labute approximate surface area is 164 Å². The molecule has 0 radical (unpaired) electrons. The molecule has 0 amide bonds. The van der Waals surface area contributed by atoms with Crippen LogP contribution in [0.15, 0.2) is 29.0 Å². The zero-order valence-electron chi connectivity index (χ0n) is 15.1. The van der Waals surface area contributed by atoms with Crippen molar-refractivity contribution < 1.29 is 9.59 Å². The third-order valence-electron chi connectivity index (χ3n) is 5.23. The maximum Gasteiger partial charge on any atom is 0.160 e. The second-order valence-corrected chi connectivity index (χ2v) is 8.95. The van der Waals surface area contributed by atoms with E-state index in [4.69, 9.17) is 0 Å². The van der Waals surface area contributed by atoms with E-state index >= 15 is 0 Å². The van der Waals surface area contributed by atoms with Crippen molar-refractivity contribution in [3.05, 3.63) is 49.9 Å². The quantitative estimate of drug-likeness (QED) is 0.524. The summed E-state index contributed by atoms with van der Waals surface area (Å²) in [6.07, 6.45) is 15.9. The Kier molecular flexibility index (Phi) is 7.39. The van der Waals surface area contributed by atoms with E-state index in [-0.39, 0.29) is 0 Å². The molecule has 2 nitrogen and oxygen atoms in total. The monoisotopic (exact) mass is 386 g/mol. The summed E-state index contributed by atoms with van der Waals surface area (Å²) in [5.74, 6) is 0.735. The minimum absolute atomic E-state index is 0.735. The first-order chi connectivity index (χ1) is 12.8. The van der Waals surface area contributed by atoms with Crippen molar-refractivity contribution in [2.24, 2.45) is 0 Å². The van der Waals surface area contributed by atoms with Crippen LogP contribution in [0.4, 0.5) is 0 Å². The third kappa shape index (κ3) is 5.24. The molecule has 0 spiro atoms. The van der Waals surface area contributed by atoms with E-state index < -0.39 is 0 Å². The van der Waals surface area contributed by atoms with Gasteiger partial charge in [0.1, 0.15) is 0 Å². The molecule has 2 aromatic rings. The van der Waals surface area contributed by atoms with Crippen LogP contribution in [-0.2, 0) is 0 Å². The Hall–Kier alpha value is -1.52. The van der Waals surface area contributed by atoms with Crippen LogP contribution in [0.1, 0.15) is 94.2 Å². The van der Waals surface area contributed by atoms with E-state index in [1.807, 2.05) is 6.07 Å². The SMILES string of the molecule is O=Cc1cc(C2=CCCCC2)cs1.O=Cc1cc(C2CCCCC2)cs1. The van der Waals surface area contributed by atoms with E-state index in [9.17, 15) is 9.59 Å². The molecule has 138 valence electrons. The summed E-state index contributed by atoms with van der Waals surface area (Å²) in [6.45, 7) is 0. The van der Waals surface area contributed by atoms with Crippen LogP contribution in [0.5, 0.6) is 0 Å². The number of aldehydes is 2. The van der Waals surface area contributed by atoms with Gasteiger partial charge in [-0.25, -0.2) is 0 Å². The smallest absolute Gasteiger partial charge is 0.160 e. The average molecular weight is 387 g/mol. The molecular weight excluding hydrogens is 360 g/mol. The summed E-state index contributed by atoms with van der Waals surface area (Å²) in [5, 5.41) is 4.24. The maximum atomic E-state index is 10.5. The summed E-state index contributed by atoms with van der Waals surface area (Å²) in [4.78, 5) is 22.7. The fourth-order valence-electron chi connectivity index (χ4n) is 3.76. The third-order valence-corrected chi connectivity index (χ3v) is 6.96. The minimum Gasteiger partial charge on any atom is -0.297 e. The lowest BCUT2D eigenvalue weighted by molar-refractivity contribution is 0.111. The summed E-state index contributed by atoms with van der Waals surface area (Å²) in [6, 6.07) is 4.06. The van der Waals surface area contributed by atoms with Gasteiger partial charge in [0.25, 0.3) is 0 Å². The van der Waals surface area contributed by atoms with Crippen molar-refractivity contribution in [3.8, 4) is 0 Å². The van der Waals surface area contributed by atoms with Crippen LogP contribution in [0.25, 0.3) is 5.57 Å². The van der Waals surface area contributed by atoms with Gasteiger partial charge < -0.3 is 0 Å². The molecule has 0 unspecified atom stereocenters. The van der Waals surface area contributed by atoms with Crippen molar-refractivity contribution in [1.82, 2.24) is 0 Å². The molecule has 2 aromatic heterocycles. The van der Waals surface area contributed by atoms with Crippen molar-refractivity contribution >= 4 is 40.8 Å². The summed E-state index contributed by atoms with van der Waals surface area (Å²) < 4.78 is 0. The lowest BCUT2D eigenvalue weighted by Crippen LogP contribution is -2.02. The normalized spacial score (nSPS) is 17.8. The van der Waals surface area contributed by atoms with Crippen LogP contribution >= 0.6 is 22.7 Å². The molecule has 1 fully saturated rings. The van der Waals surface area contributed by atoms with E-state index in [1.165, 1.54) is 85.8 Å². The molecule has 26 heavy (non-hydrogen) atoms. The lowest BCUT2D eigenvalue weighted by Gasteiger charge is -2.20. The van der Waals surface area contributed by atoms with Crippen molar-refractivity contribution in [2.45, 2.75) is 63.7 Å². The largest absolute Gasteiger partial charge is 0.297 e. The zero-order chi connectivity index (χ0) is 18.2. The Morgan fingerprint density at radius 2 is 1.58 bits per heavy atom. The van der Waals surface area contributed by atoms with Crippen LogP contribution < -0.4 is 0 Å². The molecule has 2 heterocycles. The van der Waals surface area contributed by atoms with Gasteiger partial charge in [0, 0.05) is 0 Å². The molecule has 0 saturated heterocycles. The number of rotatable bonds is 4. The number of allylic oxidation sites excluding steroid dienone is 2. The second kappa shape index (κ2) is 9.98. The number of carbonyl (C=O) groups excluding carboxylic acids is 2. The van der Waals surface area contributed by atoms with Gasteiger partial charge in [-0.1, -0.05) is 25.3 Å². The summed E-state index contributed by atoms with van der Waals surface area (Å²) in [5.41, 5.74) is 4.08. The van der Waals surface area contributed by atoms with Gasteiger partial charge in [0.2, 0.25) is 0 Å². The number of hydrogen-bond donors (Lipinski definition) is 0. The maximum absolute atomic E-state index is 10.5. The second-order valence-electron chi connectivity index (χ2n) is 7.07. The molecule has 4 heteroatoms. The Morgan fingerprint density at radius 3 is 2.19 bits per heavy atom. The predicted molar refractivity (Wildman–Crippen MR) is 112 cm³/mol. The standard InChI is InChI=1S/C11H14OS.C11H12OS/c2*12-7-11-6-10(8-13-11)9-4-2-1-3-5-9/h6-9H,1-5H2;4,6-8H,1-3,5H2. The van der Waals surface area contributed by atoms with Crippen LogP contribution in [0, 0.1) is 0 Å². The van der Waals surface area contributed by atoms with Crippen LogP contribution in [0.2, 0.25) is 0 Å². The van der Waals surface area contributed by atoms with Crippen LogP contribution in [0.3, 0.4) is 0 Å². The highest BCUT2D eigenvalue weighted by Crippen LogP contribution is 2.34. The highest BCUT2D eigenvalue weighted by atomic mass is 32.1. The van der Waals surface area contributed by atoms with E-state index in [0.717, 1.165) is 28.2 Å². The van der Waals surface area contributed by atoms with Crippen molar-refractivity contribution in [2.75, 3.05) is 0 Å². The van der Waals surface area contributed by atoms with E-state index in [1.54, 1.807) is 11.3 Å². The number of hydrogen-bond acceptors (Lipinski definition) is 4. The average Bonchev–Trinajstić information content (AvgIpc) is 3.39. The van der Waals surface area contributed by atoms with Crippen molar-refractivity contribution in [1.29, 1.82) is 0 Å². The highest BCUT2D eigenvalue weighted by molar-refractivity contribution is 7.12. The molecular formula is C22H26O2S2. The molecule has 1 saturated carbocycles. The van der Waals surface area contributed by atoms with Crippen LogP contribution in [-0.4, -0.2) is 12.6 Å². The molecule has 0 N–H and O–H groups in total. The van der Waals surface area contributed by atoms with Gasteiger partial charge in [-0.15, -0.1) is 22.7 Å². The lowest BCUT2D eigenvalue weighted by atomic mass is 9.85. The van der Waals surface area contributed by atoms with Crippen molar-refractivity contribution in [3.63, 3.8) is 0 Å². The Bertz CT molecular complexity index is 748. The predicted octanol–water partition coefficient (Wildman–Crippen LogP) is 7.13.